The summed E-state index contributed by atoms with van der Waals surface area (Å²) in [6.07, 6.45) is 8.15. The predicted molar refractivity (Wildman–Crippen MR) is 513 cm³/mol. The van der Waals surface area contributed by atoms with E-state index in [0.717, 1.165) is 37.2 Å². The van der Waals surface area contributed by atoms with Crippen LogP contribution in [-0.4, -0.2) is 103 Å². The first kappa shape index (κ1) is 123. The largest absolute Gasteiger partial charge is 1.00 e. The van der Waals surface area contributed by atoms with E-state index in [9.17, 15) is 61.0 Å². The van der Waals surface area contributed by atoms with Crippen LogP contribution in [0.2, 0.25) is 20.1 Å². The van der Waals surface area contributed by atoms with E-state index in [1.807, 2.05) is 53.7 Å². The number of amides is 1. The van der Waals surface area contributed by atoms with Crippen LogP contribution in [0.15, 0.2) is 251 Å². The number of nitro benzene ring substituents is 2. The molecule has 16 rings (SSSR count). The first-order valence-corrected chi connectivity index (χ1v) is 42.1. The van der Waals surface area contributed by atoms with Gasteiger partial charge in [-0.25, -0.2) is 26.7 Å². The molecule has 1 amide bonds. The van der Waals surface area contributed by atoms with Gasteiger partial charge in [-0.15, -0.1) is 12.4 Å². The second-order valence-electron chi connectivity index (χ2n) is 29.9. The van der Waals surface area contributed by atoms with Crippen LogP contribution in [0.4, 0.5) is 54.0 Å². The fourth-order valence-electron chi connectivity index (χ4n) is 11.6. The Hall–Kier alpha value is -10.1. The maximum Gasteiger partial charge on any atom is 1.00 e. The average Bonchev–Trinajstić information content (AvgIpc) is 1.70. The van der Waals surface area contributed by atoms with Gasteiger partial charge in [-0.3, -0.25) is 59.3 Å². The van der Waals surface area contributed by atoms with Crippen molar-refractivity contribution in [3.8, 4) is 40.2 Å². The van der Waals surface area contributed by atoms with Gasteiger partial charge in [-0.1, -0.05) is 168 Å². The number of halogens is 11. The molecule has 730 valence electrons. The number of alkyl halides is 1. The number of anilines is 2. The fourth-order valence-corrected chi connectivity index (χ4v) is 12.5. The van der Waals surface area contributed by atoms with E-state index in [1.165, 1.54) is 112 Å². The van der Waals surface area contributed by atoms with Crippen molar-refractivity contribution in [1.82, 2.24) is 41.3 Å². The number of nitrogen functional groups attached to an aromatic ring is 1. The molecule has 139 heavy (non-hydrogen) atoms. The molecule has 0 unspecified atom stereocenters. The summed E-state index contributed by atoms with van der Waals surface area (Å²) in [6, 6.07) is 54.0. The van der Waals surface area contributed by atoms with Crippen LogP contribution in [0.1, 0.15) is 101 Å². The van der Waals surface area contributed by atoms with Crippen molar-refractivity contribution >= 4 is 144 Å². The molecule has 43 heteroatoms. The Bertz CT molecular complexity index is 6520. The number of rotatable bonds is 18. The summed E-state index contributed by atoms with van der Waals surface area (Å²) < 4.78 is 120. The maximum absolute atomic E-state index is 14.0. The van der Waals surface area contributed by atoms with Gasteiger partial charge in [0.05, 0.1) is 46.7 Å². The van der Waals surface area contributed by atoms with Crippen LogP contribution in [0, 0.1) is 49.3 Å². The Morgan fingerprint density at radius 2 is 0.993 bits per heavy atom. The van der Waals surface area contributed by atoms with Gasteiger partial charge in [-0.2, -0.15) is 0 Å². The first-order valence-electron chi connectivity index (χ1n) is 41.3. The van der Waals surface area contributed by atoms with Crippen molar-refractivity contribution < 1.29 is 216 Å². The third-order valence-corrected chi connectivity index (χ3v) is 19.7. The zero-order valence-corrected chi connectivity index (χ0v) is 88.2. The number of nitrogens with zero attached hydrogens (tertiary/aromatic N) is 8. The van der Waals surface area contributed by atoms with Gasteiger partial charge in [0.25, 0.3) is 17.8 Å². The summed E-state index contributed by atoms with van der Waals surface area (Å²) in [5, 5.41) is 42.2. The summed E-state index contributed by atoms with van der Waals surface area (Å²) in [7, 11) is -1.00. The molecule has 7 N–H and O–H groups in total. The van der Waals surface area contributed by atoms with Crippen LogP contribution in [-0.2, 0) is 60.0 Å². The topological polar surface area (TPSA) is 416 Å². The van der Waals surface area contributed by atoms with E-state index in [4.69, 9.17) is 96.3 Å². The van der Waals surface area contributed by atoms with E-state index in [-0.39, 0.29) is 230 Å². The predicted octanol–water partition coefficient (Wildman–Crippen LogP) is 19.1. The molecule has 0 saturated carbocycles. The Balaban J connectivity index is 0.000000826. The molecule has 7 heterocycles. The van der Waals surface area contributed by atoms with Crippen molar-refractivity contribution in [1.29, 1.82) is 0 Å². The summed E-state index contributed by atoms with van der Waals surface area (Å²) in [4.78, 5) is 83.3. The number of hydrogen-bond donors (Lipinski definition) is 4. The number of hydrogen-bond acceptors (Lipinski definition) is 25. The van der Waals surface area contributed by atoms with Gasteiger partial charge in [0.2, 0.25) is 0 Å². The van der Waals surface area contributed by atoms with Crippen LogP contribution in [0.3, 0.4) is 0 Å². The van der Waals surface area contributed by atoms with Gasteiger partial charge in [0.1, 0.15) is 113 Å². The standard InChI is InChI=1S/C25H22ClFN2O3.C15H8ClFN2O3.C15H10ClFN2O.C14H16N2O3.C9H6FNO.C6H3ClFNO2.C6H15N.C4H8O.CH3F.CH2O3.ClH.Fe.2K.H3N.H/c1-25(2,3)23-13-16(29-32-23)12-17(30)11-15-7-8-18(14-20(15)26)31-22-9-10-28-24-19(22)5-4-6-21(24)27;16-11-8-9(4-5-13(11)19(20)21)22-14-6-7-18-15-10(14)2-1-3-12(15)17;16-11-8-9(4-5-13(11)18)20-14-6-7-19-15-10(14)2-1-3-12(15)17;1-14(2,3)11-9-12(16-19-11)15-13(17)18-10-7-5-4-6-8-10;10-7-3-1-2-6-8(12)4-5-11-9(6)7;7-5-3-4(8)1-2-6(5)9(10)11;1-4-7(5-2)6-3;1-2-4-5-3-1;1-2;2-1-4-3;;;;;;/h4-10,13-14H,11-12H2,1-3H3;1-8H;1-8H,18H2;4-9H,1-3H3,(H,15,16,17);1-5H,(H,11,12);1-3H;4-6H2,1-3H3;1-4H2;1H3;1,3H;1H;;;;1H3;/q;;;;;;;;;;;;2*+1;;-1/p-1/i;;;;;;;;1D;;;;;;;. The number of benzene rings is 9. The quantitative estimate of drug-likeness (QED) is 0.0118. The van der Waals surface area contributed by atoms with Crippen LogP contribution < -0.4 is 150 Å². The number of para-hydroxylation sites is 5. The fraction of sp³-hybridized carbons (Fsp3) is 0.219. The van der Waals surface area contributed by atoms with Gasteiger partial charge in [0, 0.05) is 141 Å². The molecule has 1 saturated heterocycles. The van der Waals surface area contributed by atoms with Gasteiger partial charge < -0.3 is 66.1 Å². The SMILES string of the molecule is C1CCOC1.CC(C)(C)c1cc(CC(=O)Cc2ccc(Oc3ccnc4c(F)cccc34)cc2Cl)no1.CC(C)(C)c1cc(NC(=O)Oc2ccccc2)no1.CCN(CC)CC.Cl.N.Nc1ccc(Oc2ccnc3c(F)cccc23)cc1Cl.O=CO[O-].O=[N+]([O-])c1ccc(F)cc1Cl.O=[N+]([O-])c1ccc(Oc2ccnc3c(F)cccc23)cc1Cl.O=c1cc[nH]c2c(F)cccc12.[2H]CF.[Fe].[H-].[K+].[K+]. The number of carbonyl (C=O) groups is 3. The number of nitrogens with two attached hydrogens (primary N) is 1. The van der Waals surface area contributed by atoms with Crippen LogP contribution >= 0.6 is 58.8 Å². The smallest absolute Gasteiger partial charge is 1.00 e. The Morgan fingerprint density at radius 1 is 0.568 bits per heavy atom. The second-order valence-corrected chi connectivity index (χ2v) is 31.5. The van der Waals surface area contributed by atoms with Crippen molar-refractivity contribution in [3.63, 3.8) is 0 Å². The first-order chi connectivity index (χ1) is 64.4. The Labute approximate surface area is 920 Å². The third-order valence-electron chi connectivity index (χ3n) is 18.4. The number of pyridine rings is 4. The number of Topliss-reactive ketones (excluding diaryl/α,β-unsaturated/α-hetero) is 1. The number of nitro groups is 2. The summed E-state index contributed by atoms with van der Waals surface area (Å²) >= 11 is 23.5. The maximum atomic E-state index is 14.0. The molecule has 0 radical (unpaired) electrons. The minimum Gasteiger partial charge on any atom is -1.00 e. The van der Waals surface area contributed by atoms with Gasteiger partial charge in [0.15, 0.2) is 11.2 Å². The zero-order chi connectivity index (χ0) is 98.9. The number of ketones is 1. The molecule has 9 aromatic carbocycles. The normalized spacial score (nSPS) is 10.8. The number of nitrogens with one attached hydrogen (secondary N) is 2. The van der Waals surface area contributed by atoms with E-state index in [0.29, 0.717) is 100 Å². The molecular weight excluding hydrogens is 2020 g/mol. The minimum atomic E-state index is -1.00. The molecule has 0 spiro atoms. The summed E-state index contributed by atoms with van der Waals surface area (Å²) in [5.74, 6) is 2.67. The number of fused-ring (bicyclic) bond motifs is 4. The molecule has 0 atom stereocenters. The molecule has 1 fully saturated rings. The zero-order valence-electron chi connectivity index (χ0n) is 79.0. The van der Waals surface area contributed by atoms with E-state index in [1.54, 1.807) is 127 Å². The number of carbonyl (C=O) groups excluding carboxylic acids is 3. The molecule has 1 aliphatic heterocycles. The van der Waals surface area contributed by atoms with Crippen molar-refractivity contribution in [2.45, 2.75) is 98.8 Å². The molecule has 0 aliphatic carbocycles. The van der Waals surface area contributed by atoms with Crippen molar-refractivity contribution in [2.24, 2.45) is 0 Å². The summed E-state index contributed by atoms with van der Waals surface area (Å²) in [6.45, 7) is 24.0. The van der Waals surface area contributed by atoms with Crippen LogP contribution in [0.25, 0.3) is 43.6 Å². The third kappa shape index (κ3) is 40.4. The molecule has 1 aliphatic rings. The number of aromatic nitrogens is 6. The van der Waals surface area contributed by atoms with E-state index < -0.39 is 46.4 Å². The monoisotopic (exact) mass is 2110 g/mol. The minimum absolute atomic E-state index is 0. The number of H-pyrrole nitrogens is 1. The van der Waals surface area contributed by atoms with E-state index >= 15 is 0 Å². The molecule has 0 bridgehead atoms. The summed E-state index contributed by atoms with van der Waals surface area (Å²) in [5.41, 5.74) is 7.40. The Morgan fingerprint density at radius 3 is 1.39 bits per heavy atom. The van der Waals surface area contributed by atoms with Gasteiger partial charge in [-0.05, 0) is 159 Å². The molecular formula is C96H97Cl5F6FeK2N12O17. The van der Waals surface area contributed by atoms with Crippen molar-refractivity contribution in [3.05, 3.63) is 340 Å². The number of ether oxygens (including phenoxy) is 5. The Kier molecular flexibility index (Phi) is 56.4. The van der Waals surface area contributed by atoms with Crippen molar-refractivity contribution in [2.75, 3.05) is 51.1 Å². The number of aromatic amines is 1. The second kappa shape index (κ2) is 63.6. The molecule has 29 nitrogen and oxygen atoms in total. The van der Waals surface area contributed by atoms with E-state index in [2.05, 4.69) is 66.1 Å². The van der Waals surface area contributed by atoms with Crippen LogP contribution in [0.5, 0.6) is 40.2 Å². The van der Waals surface area contributed by atoms with Gasteiger partial charge >= 0.3 is 109 Å². The average molecular weight is 2120 g/mol. The molecule has 15 aromatic rings. The molecule has 6 aromatic heterocycles.